The van der Waals surface area contributed by atoms with Crippen molar-refractivity contribution in [1.82, 2.24) is 5.32 Å². The van der Waals surface area contributed by atoms with Crippen molar-refractivity contribution in [3.8, 4) is 0 Å². The second-order valence-electron chi connectivity index (χ2n) is 4.83. The van der Waals surface area contributed by atoms with Crippen LogP contribution < -0.4 is 5.32 Å². The molecule has 1 N–H and O–H groups in total. The Morgan fingerprint density at radius 2 is 2.11 bits per heavy atom. The summed E-state index contributed by atoms with van der Waals surface area (Å²) in [6.45, 7) is 2.06. The summed E-state index contributed by atoms with van der Waals surface area (Å²) in [6.07, 6.45) is 3.67. The van der Waals surface area contributed by atoms with Crippen molar-refractivity contribution in [2.45, 2.75) is 18.9 Å². The molecule has 1 saturated heterocycles. The Morgan fingerprint density at radius 1 is 1.32 bits per heavy atom. The number of furan rings is 1. The van der Waals surface area contributed by atoms with Crippen LogP contribution >= 0.6 is 0 Å². The summed E-state index contributed by atoms with van der Waals surface area (Å²) >= 11 is 0. The highest BCUT2D eigenvalue weighted by Gasteiger charge is 2.18. The number of benzene rings is 1. The van der Waals surface area contributed by atoms with Gasteiger partial charge in [-0.3, -0.25) is 4.79 Å². The highest BCUT2D eigenvalue weighted by atomic mass is 16.5. The molecule has 0 unspecified atom stereocenters. The summed E-state index contributed by atoms with van der Waals surface area (Å²) in [4.78, 5) is 12.2. The van der Waals surface area contributed by atoms with E-state index >= 15 is 0 Å². The van der Waals surface area contributed by atoms with Crippen molar-refractivity contribution in [2.24, 2.45) is 0 Å². The summed E-state index contributed by atoms with van der Waals surface area (Å²) in [6, 6.07) is 7.56. The van der Waals surface area contributed by atoms with E-state index in [1.807, 2.05) is 24.3 Å². The van der Waals surface area contributed by atoms with Gasteiger partial charge in [-0.15, -0.1) is 0 Å². The van der Waals surface area contributed by atoms with Crippen LogP contribution in [0.5, 0.6) is 0 Å². The quantitative estimate of drug-likeness (QED) is 0.856. The Hall–Kier alpha value is -1.65. The second kappa shape index (κ2) is 5.55. The van der Waals surface area contributed by atoms with E-state index < -0.39 is 0 Å². The van der Waals surface area contributed by atoms with E-state index in [1.165, 1.54) is 6.26 Å². The average molecular weight is 259 g/mol. The van der Waals surface area contributed by atoms with Crippen LogP contribution in [0, 0.1) is 0 Å². The number of ether oxygens (including phenoxy) is 1. The second-order valence-corrected chi connectivity index (χ2v) is 4.83. The topological polar surface area (TPSA) is 51.5 Å². The number of para-hydroxylation sites is 1. The Kier molecular flexibility index (Phi) is 3.62. The minimum Gasteiger partial charge on any atom is -0.464 e. The van der Waals surface area contributed by atoms with Crippen LogP contribution in [0.4, 0.5) is 0 Å². The molecular formula is C15H17NO3. The Bertz CT molecular complexity index is 570. The van der Waals surface area contributed by atoms with Gasteiger partial charge in [0.15, 0.2) is 5.78 Å². The maximum Gasteiger partial charge on any atom is 0.192 e. The minimum absolute atomic E-state index is 0.0107. The van der Waals surface area contributed by atoms with Crippen LogP contribution in [0.25, 0.3) is 11.0 Å². The fourth-order valence-electron chi connectivity index (χ4n) is 2.43. The first kappa shape index (κ1) is 12.4. The van der Waals surface area contributed by atoms with Gasteiger partial charge < -0.3 is 14.5 Å². The number of ketones is 1. The Balaban J connectivity index is 1.66. The van der Waals surface area contributed by atoms with Gasteiger partial charge in [-0.2, -0.15) is 0 Å². The highest BCUT2D eigenvalue weighted by Crippen LogP contribution is 2.21. The molecule has 0 saturated carbocycles. The molecule has 4 nitrogen and oxygen atoms in total. The van der Waals surface area contributed by atoms with Crippen molar-refractivity contribution in [3.63, 3.8) is 0 Å². The third-order valence-electron chi connectivity index (χ3n) is 3.52. The van der Waals surface area contributed by atoms with Crippen molar-refractivity contribution in [3.05, 3.63) is 36.1 Å². The van der Waals surface area contributed by atoms with Gasteiger partial charge in [0.25, 0.3) is 0 Å². The molecule has 1 fully saturated rings. The van der Waals surface area contributed by atoms with Crippen LogP contribution in [-0.2, 0) is 4.74 Å². The van der Waals surface area contributed by atoms with Gasteiger partial charge in [0.1, 0.15) is 18.5 Å². The molecule has 0 aliphatic carbocycles. The lowest BCUT2D eigenvalue weighted by Crippen LogP contribution is -2.33. The van der Waals surface area contributed by atoms with E-state index in [4.69, 9.17) is 9.15 Å². The number of fused-ring (bicyclic) bond motifs is 1. The van der Waals surface area contributed by atoms with E-state index in [0.717, 1.165) is 36.9 Å². The number of piperidine rings is 1. The largest absolute Gasteiger partial charge is 0.464 e. The smallest absolute Gasteiger partial charge is 0.192 e. The van der Waals surface area contributed by atoms with Gasteiger partial charge in [0, 0.05) is 5.39 Å². The lowest BCUT2D eigenvalue weighted by Gasteiger charge is -2.22. The van der Waals surface area contributed by atoms with Crippen LogP contribution in [0.2, 0.25) is 0 Å². The summed E-state index contributed by atoms with van der Waals surface area (Å²) < 4.78 is 11.1. The lowest BCUT2D eigenvalue weighted by atomic mass is 10.1. The molecule has 3 rings (SSSR count). The fourth-order valence-corrected chi connectivity index (χ4v) is 2.43. The number of hydrogen-bond acceptors (Lipinski definition) is 4. The minimum atomic E-state index is -0.0107. The molecule has 1 aromatic carbocycles. The number of Topliss-reactive ketones (excluding diaryl/α,β-unsaturated/α-hetero) is 1. The van der Waals surface area contributed by atoms with Gasteiger partial charge >= 0.3 is 0 Å². The lowest BCUT2D eigenvalue weighted by molar-refractivity contribution is 0.0318. The molecule has 19 heavy (non-hydrogen) atoms. The summed E-state index contributed by atoms with van der Waals surface area (Å²) in [5.74, 6) is -0.0107. The van der Waals surface area contributed by atoms with Crippen molar-refractivity contribution in [1.29, 1.82) is 0 Å². The van der Waals surface area contributed by atoms with Gasteiger partial charge in [-0.1, -0.05) is 18.2 Å². The highest BCUT2D eigenvalue weighted by molar-refractivity contribution is 6.07. The van der Waals surface area contributed by atoms with Crippen LogP contribution in [0.1, 0.15) is 23.2 Å². The normalized spacial score (nSPS) is 16.8. The van der Waals surface area contributed by atoms with Gasteiger partial charge in [0.2, 0.25) is 0 Å². The molecule has 0 amide bonds. The van der Waals surface area contributed by atoms with Crippen LogP contribution in [0.3, 0.4) is 0 Å². The predicted octanol–water partition coefficient (Wildman–Crippen LogP) is 2.38. The molecule has 0 radical (unpaired) electrons. The number of carbonyl (C=O) groups excluding carboxylic acids is 1. The maximum absolute atomic E-state index is 12.2. The van der Waals surface area contributed by atoms with E-state index in [0.29, 0.717) is 5.56 Å². The molecule has 1 aliphatic heterocycles. The predicted molar refractivity (Wildman–Crippen MR) is 72.4 cm³/mol. The first-order chi connectivity index (χ1) is 9.34. The third kappa shape index (κ3) is 2.69. The van der Waals surface area contributed by atoms with E-state index in [9.17, 15) is 4.79 Å². The molecule has 100 valence electrons. The monoisotopic (exact) mass is 259 g/mol. The SMILES string of the molecule is O=C(COC1CCNCC1)c1coc2ccccc12. The maximum atomic E-state index is 12.2. The van der Waals surface area contributed by atoms with Crippen molar-refractivity contribution in [2.75, 3.05) is 19.7 Å². The van der Waals surface area contributed by atoms with Gasteiger partial charge in [0.05, 0.1) is 11.7 Å². The first-order valence-corrected chi connectivity index (χ1v) is 6.66. The Labute approximate surface area is 111 Å². The first-order valence-electron chi connectivity index (χ1n) is 6.66. The summed E-state index contributed by atoms with van der Waals surface area (Å²) in [7, 11) is 0. The standard InChI is InChI=1S/C15H17NO3/c17-14(10-18-11-5-7-16-8-6-11)13-9-19-15-4-2-1-3-12(13)15/h1-4,9,11,16H,5-8,10H2. The third-order valence-corrected chi connectivity index (χ3v) is 3.52. The molecular weight excluding hydrogens is 242 g/mol. The van der Waals surface area contributed by atoms with Gasteiger partial charge in [-0.05, 0) is 32.0 Å². The fraction of sp³-hybridized carbons (Fsp3) is 0.400. The zero-order chi connectivity index (χ0) is 13.1. The molecule has 0 spiro atoms. The molecule has 2 heterocycles. The molecule has 0 bridgehead atoms. The number of rotatable bonds is 4. The molecule has 1 aromatic heterocycles. The van der Waals surface area contributed by atoms with Crippen molar-refractivity contribution >= 4 is 16.8 Å². The number of nitrogens with one attached hydrogen (secondary N) is 1. The number of carbonyl (C=O) groups is 1. The van der Waals surface area contributed by atoms with E-state index in [2.05, 4.69) is 5.32 Å². The molecule has 4 heteroatoms. The number of hydrogen-bond donors (Lipinski definition) is 1. The molecule has 0 atom stereocenters. The Morgan fingerprint density at radius 3 is 2.95 bits per heavy atom. The molecule has 2 aromatic rings. The van der Waals surface area contributed by atoms with Gasteiger partial charge in [-0.25, -0.2) is 0 Å². The van der Waals surface area contributed by atoms with E-state index in [-0.39, 0.29) is 18.5 Å². The summed E-state index contributed by atoms with van der Waals surface area (Å²) in [5.41, 5.74) is 1.36. The zero-order valence-corrected chi connectivity index (χ0v) is 10.7. The average Bonchev–Trinajstić information content (AvgIpc) is 2.90. The van der Waals surface area contributed by atoms with E-state index in [1.54, 1.807) is 0 Å². The molecule has 1 aliphatic rings. The zero-order valence-electron chi connectivity index (χ0n) is 10.7. The van der Waals surface area contributed by atoms with Crippen LogP contribution in [-0.4, -0.2) is 31.6 Å². The van der Waals surface area contributed by atoms with Crippen LogP contribution in [0.15, 0.2) is 34.9 Å². The summed E-state index contributed by atoms with van der Waals surface area (Å²) in [5, 5.41) is 4.14. The van der Waals surface area contributed by atoms with Crippen molar-refractivity contribution < 1.29 is 13.9 Å².